The molecule has 5 atom stereocenters. The Labute approximate surface area is 121 Å². The number of carbonyl (C=O) groups is 1. The van der Waals surface area contributed by atoms with Crippen molar-refractivity contribution in [3.63, 3.8) is 0 Å². The van der Waals surface area contributed by atoms with E-state index in [2.05, 4.69) is 0 Å². The van der Waals surface area contributed by atoms with Crippen molar-refractivity contribution >= 4 is 43.7 Å². The molecule has 8 nitrogen and oxygen atoms in total. The first-order valence-electron chi connectivity index (χ1n) is 4.07. The van der Waals surface area contributed by atoms with Gasteiger partial charge in [0.15, 0.2) is 6.10 Å². The Morgan fingerprint density at radius 3 is 1.69 bits per heavy atom. The van der Waals surface area contributed by atoms with Gasteiger partial charge in [-0.05, 0) is 0 Å². The van der Waals surface area contributed by atoms with Gasteiger partial charge in [0, 0.05) is 37.7 Å². The molecule has 0 aliphatic heterocycles. The van der Waals surface area contributed by atoms with Gasteiger partial charge in [-0.15, -0.1) is 0 Å². The maximum Gasteiger partial charge on any atom is 0.335 e. The molecule has 92 valence electrons. The van der Waals surface area contributed by atoms with Gasteiger partial charge in [0.2, 0.25) is 0 Å². The average Bonchev–Trinajstić information content (AvgIpc) is 2.23. The van der Waals surface area contributed by atoms with E-state index in [-0.39, 0.29) is 37.7 Å². The molecule has 7 N–H and O–H groups in total. The van der Waals surface area contributed by atoms with Crippen molar-refractivity contribution in [3.8, 4) is 0 Å². The number of hydrogen-bond acceptors (Lipinski definition) is 7. The molecule has 0 aromatic rings. The maximum atomic E-state index is 10.2. The van der Waals surface area contributed by atoms with Gasteiger partial charge < -0.3 is 35.7 Å². The summed E-state index contributed by atoms with van der Waals surface area (Å²) < 4.78 is 0. The van der Waals surface area contributed by atoms with Gasteiger partial charge >= 0.3 is 5.97 Å². The predicted molar refractivity (Wildman–Crippen MR) is 50.5 cm³/mol. The van der Waals surface area contributed by atoms with Crippen LogP contribution in [-0.2, 0) is 4.79 Å². The van der Waals surface area contributed by atoms with E-state index < -0.39 is 43.1 Å². The van der Waals surface area contributed by atoms with Gasteiger partial charge in [0.1, 0.15) is 24.4 Å². The van der Waals surface area contributed by atoms with Crippen molar-refractivity contribution < 1.29 is 40.5 Å². The molecule has 0 spiro atoms. The second kappa shape index (κ2) is 8.56. The predicted octanol–water partition coefficient (Wildman–Crippen LogP) is -4.51. The number of aliphatic hydroxyl groups excluding tert-OH is 6. The van der Waals surface area contributed by atoms with Crippen LogP contribution in [0.25, 0.3) is 0 Å². The summed E-state index contributed by atoms with van der Waals surface area (Å²) >= 11 is 0. The molecule has 0 aliphatic carbocycles. The average molecular weight is 266 g/mol. The van der Waals surface area contributed by atoms with Gasteiger partial charge in [-0.3, -0.25) is 0 Å². The number of carboxylic acids is 1. The van der Waals surface area contributed by atoms with Crippen LogP contribution in [0.1, 0.15) is 0 Å². The van der Waals surface area contributed by atoms with Crippen LogP contribution < -0.4 is 0 Å². The standard InChI is InChI=1S/C7H14O8.Ca/c8-1-2(9)3(10)4(11)5(12)6(13)7(14)15;/h2-6,8-13H,1H2,(H,14,15);/t2-,3-,4+,5-,6?;/m1./s1. The van der Waals surface area contributed by atoms with Gasteiger partial charge in [-0.2, -0.15) is 0 Å². The third-order valence-corrected chi connectivity index (χ3v) is 1.86. The van der Waals surface area contributed by atoms with Crippen LogP contribution in [0.15, 0.2) is 0 Å². The fourth-order valence-corrected chi connectivity index (χ4v) is 0.870. The second-order valence-corrected chi connectivity index (χ2v) is 3.00. The summed E-state index contributed by atoms with van der Waals surface area (Å²) in [7, 11) is 0. The monoisotopic (exact) mass is 266 g/mol. The normalized spacial score (nSPS) is 20.1. The van der Waals surface area contributed by atoms with E-state index >= 15 is 0 Å². The molecule has 0 amide bonds. The van der Waals surface area contributed by atoms with Crippen molar-refractivity contribution in [2.45, 2.75) is 30.5 Å². The quantitative estimate of drug-likeness (QED) is 0.237. The van der Waals surface area contributed by atoms with E-state index in [4.69, 9.17) is 35.7 Å². The smallest absolute Gasteiger partial charge is 0.335 e. The van der Waals surface area contributed by atoms with Gasteiger partial charge in [0.25, 0.3) is 0 Å². The zero-order chi connectivity index (χ0) is 12.2. The molecule has 9 heteroatoms. The van der Waals surface area contributed by atoms with E-state index in [9.17, 15) is 4.79 Å². The first kappa shape index (κ1) is 18.8. The minimum Gasteiger partial charge on any atom is -0.479 e. The van der Waals surface area contributed by atoms with E-state index in [1.165, 1.54) is 0 Å². The Morgan fingerprint density at radius 2 is 1.38 bits per heavy atom. The second-order valence-electron chi connectivity index (χ2n) is 3.00. The summed E-state index contributed by atoms with van der Waals surface area (Å²) in [5.41, 5.74) is 0. The Hall–Kier alpha value is 0.490. The van der Waals surface area contributed by atoms with Crippen molar-refractivity contribution in [1.29, 1.82) is 0 Å². The Bertz CT molecular complexity index is 213. The van der Waals surface area contributed by atoms with Crippen LogP contribution in [-0.4, -0.2) is 117 Å². The van der Waals surface area contributed by atoms with E-state index in [1.807, 2.05) is 0 Å². The minimum atomic E-state index is -2.29. The first-order chi connectivity index (χ1) is 6.82. The first-order valence-corrected chi connectivity index (χ1v) is 4.07. The summed E-state index contributed by atoms with van der Waals surface area (Å²) in [5.74, 6) is -1.78. The molecule has 0 aliphatic rings. The molecule has 0 saturated carbocycles. The Kier molecular flexibility index (Phi) is 10.1. The van der Waals surface area contributed by atoms with Crippen LogP contribution in [0.2, 0.25) is 0 Å². The molecule has 16 heavy (non-hydrogen) atoms. The van der Waals surface area contributed by atoms with Crippen LogP contribution >= 0.6 is 0 Å². The third-order valence-electron chi connectivity index (χ3n) is 1.86. The van der Waals surface area contributed by atoms with Crippen LogP contribution in [0.4, 0.5) is 0 Å². The summed E-state index contributed by atoms with van der Waals surface area (Å²) in [6, 6.07) is 0. The fraction of sp³-hybridized carbons (Fsp3) is 0.857. The Morgan fingerprint density at radius 1 is 0.938 bits per heavy atom. The molecule has 0 saturated heterocycles. The van der Waals surface area contributed by atoms with E-state index in [0.717, 1.165) is 0 Å². The number of aliphatic carboxylic acids is 1. The van der Waals surface area contributed by atoms with Crippen molar-refractivity contribution in [2.75, 3.05) is 6.61 Å². The molecule has 0 rings (SSSR count). The molecule has 0 bridgehead atoms. The Balaban J connectivity index is 0. The molecular weight excluding hydrogens is 252 g/mol. The topological polar surface area (TPSA) is 159 Å². The minimum absolute atomic E-state index is 0. The number of hydrogen-bond donors (Lipinski definition) is 7. The van der Waals surface area contributed by atoms with Crippen molar-refractivity contribution in [1.82, 2.24) is 0 Å². The zero-order valence-corrected chi connectivity index (χ0v) is 10.5. The summed E-state index contributed by atoms with van der Waals surface area (Å²) in [6.45, 7) is -0.881. The molecule has 0 aromatic carbocycles. The van der Waals surface area contributed by atoms with Gasteiger partial charge in [-0.1, -0.05) is 0 Å². The van der Waals surface area contributed by atoms with Crippen molar-refractivity contribution in [2.24, 2.45) is 0 Å². The number of carboxylic acid groups (broad SMARTS) is 1. The zero-order valence-electron chi connectivity index (χ0n) is 8.34. The van der Waals surface area contributed by atoms with Crippen LogP contribution in [0, 0.1) is 0 Å². The van der Waals surface area contributed by atoms with Gasteiger partial charge in [-0.25, -0.2) is 4.79 Å². The van der Waals surface area contributed by atoms with E-state index in [0.29, 0.717) is 0 Å². The maximum absolute atomic E-state index is 10.2. The molecule has 0 fully saturated rings. The fourth-order valence-electron chi connectivity index (χ4n) is 0.870. The van der Waals surface area contributed by atoms with E-state index in [1.54, 1.807) is 0 Å². The van der Waals surface area contributed by atoms with Crippen LogP contribution in [0.5, 0.6) is 0 Å². The van der Waals surface area contributed by atoms with Crippen LogP contribution in [0.3, 0.4) is 0 Å². The van der Waals surface area contributed by atoms with Gasteiger partial charge in [0.05, 0.1) is 6.61 Å². The molecule has 0 heterocycles. The third kappa shape index (κ3) is 5.21. The summed E-state index contributed by atoms with van der Waals surface area (Å²) in [6.07, 6.45) is -10.2. The molecule has 0 aromatic heterocycles. The molecule has 2 radical (unpaired) electrons. The molecular formula is C7H14CaO8. The molecule has 1 unspecified atom stereocenters. The van der Waals surface area contributed by atoms with Crippen molar-refractivity contribution in [3.05, 3.63) is 0 Å². The number of rotatable bonds is 6. The largest absolute Gasteiger partial charge is 0.479 e. The summed E-state index contributed by atoms with van der Waals surface area (Å²) in [4.78, 5) is 10.2. The number of aliphatic hydroxyl groups is 6. The summed E-state index contributed by atoms with van der Waals surface area (Å²) in [5, 5.41) is 61.5. The SMILES string of the molecule is O=C(O)C(O)[C@H](O)[C@@H](O)[C@H](O)[C@H](O)CO.[Ca].